The van der Waals surface area contributed by atoms with E-state index in [1.54, 1.807) is 0 Å². The van der Waals surface area contributed by atoms with Crippen LogP contribution in [-0.4, -0.2) is 6.61 Å². The molecular weight excluding hydrogens is 254 g/mol. The van der Waals surface area contributed by atoms with Crippen molar-refractivity contribution in [3.63, 3.8) is 0 Å². The normalized spacial score (nSPS) is 13.1. The quantitative estimate of drug-likeness (QED) is 0.851. The van der Waals surface area contributed by atoms with E-state index in [2.05, 4.69) is 15.9 Å². The molecule has 0 aliphatic heterocycles. The SMILES string of the molecule is CC=CCOc1ccc(Br)cc1C(C)N. The van der Waals surface area contributed by atoms with Gasteiger partial charge in [-0.25, -0.2) is 0 Å². The largest absolute Gasteiger partial charge is 0.489 e. The van der Waals surface area contributed by atoms with Crippen LogP contribution in [0, 0.1) is 0 Å². The Morgan fingerprint density at radius 2 is 2.27 bits per heavy atom. The summed E-state index contributed by atoms with van der Waals surface area (Å²) in [6, 6.07) is 5.86. The summed E-state index contributed by atoms with van der Waals surface area (Å²) in [5, 5.41) is 0. The second kappa shape index (κ2) is 5.93. The second-order valence-electron chi connectivity index (χ2n) is 3.35. The predicted molar refractivity (Wildman–Crippen MR) is 67.1 cm³/mol. The van der Waals surface area contributed by atoms with Crippen molar-refractivity contribution >= 4 is 15.9 Å². The van der Waals surface area contributed by atoms with Crippen LogP contribution in [0.5, 0.6) is 5.75 Å². The van der Waals surface area contributed by atoms with Crippen molar-refractivity contribution in [2.24, 2.45) is 5.73 Å². The lowest BCUT2D eigenvalue weighted by molar-refractivity contribution is 0.356. The molecule has 82 valence electrons. The van der Waals surface area contributed by atoms with Gasteiger partial charge in [-0.2, -0.15) is 0 Å². The fourth-order valence-corrected chi connectivity index (χ4v) is 1.62. The smallest absolute Gasteiger partial charge is 0.124 e. The number of halogens is 1. The van der Waals surface area contributed by atoms with E-state index in [0.717, 1.165) is 15.8 Å². The lowest BCUT2D eigenvalue weighted by atomic mass is 10.1. The van der Waals surface area contributed by atoms with E-state index in [-0.39, 0.29) is 6.04 Å². The number of benzene rings is 1. The highest BCUT2D eigenvalue weighted by atomic mass is 79.9. The lowest BCUT2D eigenvalue weighted by Gasteiger charge is -2.13. The van der Waals surface area contributed by atoms with Gasteiger partial charge < -0.3 is 10.5 Å². The topological polar surface area (TPSA) is 35.2 Å². The number of ether oxygens (including phenoxy) is 1. The van der Waals surface area contributed by atoms with Crippen LogP contribution in [0.1, 0.15) is 25.5 Å². The van der Waals surface area contributed by atoms with Gasteiger partial charge in [-0.15, -0.1) is 0 Å². The minimum atomic E-state index is -0.0249. The molecule has 1 aromatic rings. The molecule has 0 heterocycles. The monoisotopic (exact) mass is 269 g/mol. The molecule has 0 saturated carbocycles. The van der Waals surface area contributed by atoms with Crippen LogP contribution in [-0.2, 0) is 0 Å². The average Bonchev–Trinajstić information content (AvgIpc) is 2.20. The maximum atomic E-state index is 5.87. The molecule has 0 saturated heterocycles. The third-order valence-electron chi connectivity index (χ3n) is 2.03. The molecular formula is C12H16BrNO. The van der Waals surface area contributed by atoms with Gasteiger partial charge in [-0.3, -0.25) is 0 Å². The molecule has 0 aliphatic rings. The Morgan fingerprint density at radius 1 is 1.53 bits per heavy atom. The molecule has 0 bridgehead atoms. The van der Waals surface area contributed by atoms with E-state index in [1.807, 2.05) is 44.2 Å². The van der Waals surface area contributed by atoms with E-state index in [0.29, 0.717) is 6.61 Å². The van der Waals surface area contributed by atoms with Crippen molar-refractivity contribution in [2.75, 3.05) is 6.61 Å². The zero-order chi connectivity index (χ0) is 11.3. The van der Waals surface area contributed by atoms with E-state index < -0.39 is 0 Å². The molecule has 1 aromatic carbocycles. The minimum Gasteiger partial charge on any atom is -0.489 e. The summed E-state index contributed by atoms with van der Waals surface area (Å²) in [6.45, 7) is 4.50. The summed E-state index contributed by atoms with van der Waals surface area (Å²) < 4.78 is 6.63. The summed E-state index contributed by atoms with van der Waals surface area (Å²) >= 11 is 3.42. The van der Waals surface area contributed by atoms with Gasteiger partial charge in [0.1, 0.15) is 12.4 Å². The van der Waals surface area contributed by atoms with Gasteiger partial charge in [0, 0.05) is 16.1 Å². The standard InChI is InChI=1S/C12H16BrNO/c1-3-4-7-15-12-6-5-10(13)8-11(12)9(2)14/h3-6,8-9H,7,14H2,1-2H3. The van der Waals surface area contributed by atoms with Gasteiger partial charge in [0.05, 0.1) is 0 Å². The van der Waals surface area contributed by atoms with Crippen molar-refractivity contribution in [1.82, 2.24) is 0 Å². The number of rotatable bonds is 4. The summed E-state index contributed by atoms with van der Waals surface area (Å²) in [5.41, 5.74) is 6.89. The molecule has 15 heavy (non-hydrogen) atoms. The van der Waals surface area contributed by atoms with Gasteiger partial charge in [0.2, 0.25) is 0 Å². The summed E-state index contributed by atoms with van der Waals surface area (Å²) in [7, 11) is 0. The zero-order valence-corrected chi connectivity index (χ0v) is 10.6. The predicted octanol–water partition coefficient (Wildman–Crippen LogP) is 3.42. The first kappa shape index (κ1) is 12.3. The maximum Gasteiger partial charge on any atom is 0.124 e. The number of hydrogen-bond acceptors (Lipinski definition) is 2. The number of nitrogens with two attached hydrogens (primary N) is 1. The van der Waals surface area contributed by atoms with E-state index in [9.17, 15) is 0 Å². The molecule has 1 rings (SSSR count). The Morgan fingerprint density at radius 3 is 2.87 bits per heavy atom. The third kappa shape index (κ3) is 3.68. The lowest BCUT2D eigenvalue weighted by Crippen LogP contribution is -2.08. The first-order valence-electron chi connectivity index (χ1n) is 4.94. The van der Waals surface area contributed by atoms with Crippen LogP contribution >= 0.6 is 15.9 Å². The van der Waals surface area contributed by atoms with Crippen LogP contribution in [0.4, 0.5) is 0 Å². The summed E-state index contributed by atoms with van der Waals surface area (Å²) in [6.07, 6.45) is 3.93. The van der Waals surface area contributed by atoms with E-state index >= 15 is 0 Å². The van der Waals surface area contributed by atoms with Crippen LogP contribution in [0.2, 0.25) is 0 Å². The molecule has 2 nitrogen and oxygen atoms in total. The van der Waals surface area contributed by atoms with Crippen molar-refractivity contribution in [3.05, 3.63) is 40.4 Å². The minimum absolute atomic E-state index is 0.0249. The van der Waals surface area contributed by atoms with Gasteiger partial charge >= 0.3 is 0 Å². The fourth-order valence-electron chi connectivity index (χ4n) is 1.24. The Bertz CT molecular complexity index is 347. The Kier molecular flexibility index (Phi) is 4.85. The van der Waals surface area contributed by atoms with Gasteiger partial charge in [0.25, 0.3) is 0 Å². The van der Waals surface area contributed by atoms with Crippen molar-refractivity contribution in [2.45, 2.75) is 19.9 Å². The van der Waals surface area contributed by atoms with E-state index in [1.165, 1.54) is 0 Å². The first-order chi connectivity index (χ1) is 7.15. The molecule has 0 aromatic heterocycles. The Labute approximate surface area is 99.3 Å². The molecule has 1 unspecified atom stereocenters. The molecule has 0 aliphatic carbocycles. The van der Waals surface area contributed by atoms with Crippen LogP contribution in [0.25, 0.3) is 0 Å². The van der Waals surface area contributed by atoms with Crippen LogP contribution < -0.4 is 10.5 Å². The molecule has 0 fully saturated rings. The highest BCUT2D eigenvalue weighted by molar-refractivity contribution is 9.10. The van der Waals surface area contributed by atoms with E-state index in [4.69, 9.17) is 10.5 Å². The summed E-state index contributed by atoms with van der Waals surface area (Å²) in [4.78, 5) is 0. The first-order valence-corrected chi connectivity index (χ1v) is 5.73. The Balaban J connectivity index is 2.85. The highest BCUT2D eigenvalue weighted by Crippen LogP contribution is 2.27. The molecule has 2 N–H and O–H groups in total. The average molecular weight is 270 g/mol. The molecule has 3 heteroatoms. The molecule has 0 spiro atoms. The van der Waals surface area contributed by atoms with Crippen LogP contribution in [0.3, 0.4) is 0 Å². The second-order valence-corrected chi connectivity index (χ2v) is 4.27. The van der Waals surface area contributed by atoms with Crippen molar-refractivity contribution < 1.29 is 4.74 Å². The van der Waals surface area contributed by atoms with Crippen LogP contribution in [0.15, 0.2) is 34.8 Å². The number of allylic oxidation sites excluding steroid dienone is 1. The van der Waals surface area contributed by atoms with Gasteiger partial charge in [-0.1, -0.05) is 28.1 Å². The van der Waals surface area contributed by atoms with Gasteiger partial charge in [0.15, 0.2) is 0 Å². The van der Waals surface area contributed by atoms with Crippen molar-refractivity contribution in [1.29, 1.82) is 0 Å². The highest BCUT2D eigenvalue weighted by Gasteiger charge is 2.07. The number of hydrogen-bond donors (Lipinski definition) is 1. The molecule has 0 radical (unpaired) electrons. The maximum absolute atomic E-state index is 5.87. The van der Waals surface area contributed by atoms with Crippen molar-refractivity contribution in [3.8, 4) is 5.75 Å². The zero-order valence-electron chi connectivity index (χ0n) is 9.03. The molecule has 0 amide bonds. The summed E-state index contributed by atoms with van der Waals surface area (Å²) in [5.74, 6) is 0.853. The van der Waals surface area contributed by atoms with Gasteiger partial charge in [-0.05, 0) is 32.0 Å². The fraction of sp³-hybridized carbons (Fsp3) is 0.333. The Hall–Kier alpha value is -0.800. The third-order valence-corrected chi connectivity index (χ3v) is 2.53. The molecule has 1 atom stereocenters.